The van der Waals surface area contributed by atoms with Crippen molar-refractivity contribution in [1.29, 1.82) is 0 Å². The zero-order valence-corrected chi connectivity index (χ0v) is 13.2. The first-order valence-electron chi connectivity index (χ1n) is 7.35. The lowest BCUT2D eigenvalue weighted by Crippen LogP contribution is -2.27. The molecule has 1 amide bonds. The maximum atomic E-state index is 12.2. The molecule has 1 aromatic heterocycles. The molecule has 0 aromatic carbocycles. The normalized spacial score (nSPS) is 12.7. The maximum absolute atomic E-state index is 12.2. The molecule has 5 nitrogen and oxygen atoms in total. The zero-order valence-electron chi connectivity index (χ0n) is 13.2. The molecule has 114 valence electrons. The van der Waals surface area contributed by atoms with Crippen LogP contribution in [0.4, 0.5) is 0 Å². The number of amides is 1. The Morgan fingerprint density at radius 3 is 2.65 bits per heavy atom. The second-order valence-corrected chi connectivity index (χ2v) is 5.89. The molecule has 2 N–H and O–H groups in total. The molecular formula is C15H28N4O. The van der Waals surface area contributed by atoms with E-state index in [0.717, 1.165) is 18.4 Å². The highest BCUT2D eigenvalue weighted by Crippen LogP contribution is 2.21. The van der Waals surface area contributed by atoms with Crippen molar-refractivity contribution in [2.75, 3.05) is 13.6 Å². The molecule has 0 radical (unpaired) electrons. The average Bonchev–Trinajstić information content (AvgIpc) is 2.79. The van der Waals surface area contributed by atoms with E-state index < -0.39 is 0 Å². The molecular weight excluding hydrogens is 252 g/mol. The Balaban J connectivity index is 2.41. The monoisotopic (exact) mass is 280 g/mol. The zero-order chi connectivity index (χ0) is 15.1. The lowest BCUT2D eigenvalue weighted by atomic mass is 9.88. The minimum Gasteiger partial charge on any atom is -0.341 e. The van der Waals surface area contributed by atoms with Crippen molar-refractivity contribution in [2.24, 2.45) is 24.6 Å². The van der Waals surface area contributed by atoms with Gasteiger partial charge in [0, 0.05) is 38.8 Å². The highest BCUT2D eigenvalue weighted by molar-refractivity contribution is 5.75. The Kier molecular flexibility index (Phi) is 6.71. The van der Waals surface area contributed by atoms with Crippen LogP contribution < -0.4 is 5.73 Å². The summed E-state index contributed by atoms with van der Waals surface area (Å²) in [6.07, 6.45) is 6.26. The first kappa shape index (κ1) is 16.7. The quantitative estimate of drug-likeness (QED) is 0.789. The van der Waals surface area contributed by atoms with E-state index in [4.69, 9.17) is 5.73 Å². The molecule has 0 saturated carbocycles. The van der Waals surface area contributed by atoms with Crippen molar-refractivity contribution in [2.45, 2.75) is 39.7 Å². The minimum absolute atomic E-state index is 0.191. The van der Waals surface area contributed by atoms with Gasteiger partial charge in [0.05, 0.1) is 6.20 Å². The number of hydrogen-bond donors (Lipinski definition) is 1. The predicted octanol–water partition coefficient (Wildman–Crippen LogP) is 1.78. The number of rotatable bonds is 8. The van der Waals surface area contributed by atoms with Crippen molar-refractivity contribution < 1.29 is 4.79 Å². The molecule has 0 spiro atoms. The van der Waals surface area contributed by atoms with Gasteiger partial charge in [-0.3, -0.25) is 9.48 Å². The van der Waals surface area contributed by atoms with Crippen LogP contribution in [-0.2, 0) is 18.4 Å². The summed E-state index contributed by atoms with van der Waals surface area (Å²) in [7, 11) is 3.73. The molecule has 1 rings (SSSR count). The number of carbonyl (C=O) groups excluding carboxylic acids is 1. The van der Waals surface area contributed by atoms with Gasteiger partial charge in [0.25, 0.3) is 0 Å². The van der Waals surface area contributed by atoms with E-state index in [1.54, 1.807) is 15.8 Å². The molecule has 0 fully saturated rings. The van der Waals surface area contributed by atoms with Crippen LogP contribution in [0.2, 0.25) is 0 Å². The Morgan fingerprint density at radius 1 is 1.45 bits per heavy atom. The highest BCUT2D eigenvalue weighted by Gasteiger charge is 2.16. The summed E-state index contributed by atoms with van der Waals surface area (Å²) < 4.78 is 1.75. The van der Waals surface area contributed by atoms with E-state index in [-0.39, 0.29) is 5.91 Å². The van der Waals surface area contributed by atoms with Gasteiger partial charge >= 0.3 is 0 Å². The first-order chi connectivity index (χ1) is 9.43. The second-order valence-electron chi connectivity index (χ2n) is 5.89. The lowest BCUT2D eigenvalue weighted by Gasteiger charge is -2.22. The van der Waals surface area contributed by atoms with Gasteiger partial charge in [0.2, 0.25) is 5.91 Å². The molecule has 0 aliphatic heterocycles. The summed E-state index contributed by atoms with van der Waals surface area (Å²) in [5.41, 5.74) is 6.69. The number of hydrogen-bond acceptors (Lipinski definition) is 3. The van der Waals surface area contributed by atoms with Crippen molar-refractivity contribution >= 4 is 5.91 Å². The molecule has 0 bridgehead atoms. The standard InChI is InChI=1S/C15H28N4O/c1-12(2)14(7-8-16)5-6-15(20)18(3)10-13-9-17-19(4)11-13/h9,11-12,14H,5-8,10,16H2,1-4H3. The molecule has 20 heavy (non-hydrogen) atoms. The van der Waals surface area contributed by atoms with E-state index in [1.165, 1.54) is 0 Å². The van der Waals surface area contributed by atoms with Crippen LogP contribution in [0, 0.1) is 11.8 Å². The molecule has 5 heteroatoms. The highest BCUT2D eigenvalue weighted by atomic mass is 16.2. The van der Waals surface area contributed by atoms with Crippen LogP contribution >= 0.6 is 0 Å². The molecule has 1 aromatic rings. The van der Waals surface area contributed by atoms with Gasteiger partial charge in [-0.2, -0.15) is 5.10 Å². The Hall–Kier alpha value is -1.36. The van der Waals surface area contributed by atoms with Crippen LogP contribution in [0.1, 0.15) is 38.7 Å². The summed E-state index contributed by atoms with van der Waals surface area (Å²) in [5.74, 6) is 1.31. The van der Waals surface area contributed by atoms with Gasteiger partial charge in [-0.25, -0.2) is 0 Å². The summed E-state index contributed by atoms with van der Waals surface area (Å²) in [6, 6.07) is 0. The van der Waals surface area contributed by atoms with Crippen molar-refractivity contribution in [1.82, 2.24) is 14.7 Å². The number of aryl methyl sites for hydroxylation is 1. The van der Waals surface area contributed by atoms with E-state index in [2.05, 4.69) is 18.9 Å². The topological polar surface area (TPSA) is 64.2 Å². The van der Waals surface area contributed by atoms with Crippen LogP contribution in [0.3, 0.4) is 0 Å². The van der Waals surface area contributed by atoms with Gasteiger partial charge in [0.15, 0.2) is 0 Å². The maximum Gasteiger partial charge on any atom is 0.222 e. The van der Waals surface area contributed by atoms with Gasteiger partial charge in [-0.1, -0.05) is 13.8 Å². The van der Waals surface area contributed by atoms with Gasteiger partial charge in [0.1, 0.15) is 0 Å². The average molecular weight is 280 g/mol. The predicted molar refractivity (Wildman–Crippen MR) is 80.9 cm³/mol. The van der Waals surface area contributed by atoms with Crippen LogP contribution in [0.15, 0.2) is 12.4 Å². The fourth-order valence-corrected chi connectivity index (χ4v) is 2.44. The van der Waals surface area contributed by atoms with E-state index in [0.29, 0.717) is 31.3 Å². The molecule has 1 unspecified atom stereocenters. The van der Waals surface area contributed by atoms with E-state index in [1.807, 2.05) is 20.3 Å². The third kappa shape index (κ3) is 5.33. The third-order valence-corrected chi connectivity index (χ3v) is 3.81. The second kappa shape index (κ2) is 8.04. The molecule has 0 saturated heterocycles. The van der Waals surface area contributed by atoms with Gasteiger partial charge in [-0.05, 0) is 31.2 Å². The first-order valence-corrected chi connectivity index (χ1v) is 7.35. The molecule has 1 atom stereocenters. The largest absolute Gasteiger partial charge is 0.341 e. The Morgan fingerprint density at radius 2 is 2.15 bits per heavy atom. The number of nitrogens with zero attached hydrogens (tertiary/aromatic N) is 3. The summed E-state index contributed by atoms with van der Waals surface area (Å²) in [6.45, 7) is 5.72. The van der Waals surface area contributed by atoms with Crippen LogP contribution in [0.25, 0.3) is 0 Å². The Labute approximate surface area is 122 Å². The fraction of sp³-hybridized carbons (Fsp3) is 0.733. The van der Waals surface area contributed by atoms with E-state index in [9.17, 15) is 4.79 Å². The van der Waals surface area contributed by atoms with Gasteiger partial charge < -0.3 is 10.6 Å². The number of nitrogens with two attached hydrogens (primary N) is 1. The van der Waals surface area contributed by atoms with Crippen LogP contribution in [-0.4, -0.2) is 34.2 Å². The number of aromatic nitrogens is 2. The van der Waals surface area contributed by atoms with Crippen molar-refractivity contribution in [3.8, 4) is 0 Å². The molecule has 1 heterocycles. The van der Waals surface area contributed by atoms with Crippen molar-refractivity contribution in [3.05, 3.63) is 18.0 Å². The fourth-order valence-electron chi connectivity index (χ4n) is 2.44. The summed E-state index contributed by atoms with van der Waals surface area (Å²) in [4.78, 5) is 13.9. The van der Waals surface area contributed by atoms with Gasteiger partial charge in [-0.15, -0.1) is 0 Å². The summed E-state index contributed by atoms with van der Waals surface area (Å²) >= 11 is 0. The van der Waals surface area contributed by atoms with Crippen molar-refractivity contribution in [3.63, 3.8) is 0 Å². The third-order valence-electron chi connectivity index (χ3n) is 3.81. The SMILES string of the molecule is CC(C)C(CCN)CCC(=O)N(C)Cc1cnn(C)c1. The summed E-state index contributed by atoms with van der Waals surface area (Å²) in [5, 5.41) is 4.12. The van der Waals surface area contributed by atoms with E-state index >= 15 is 0 Å². The molecule has 0 aliphatic rings. The van der Waals surface area contributed by atoms with Crippen LogP contribution in [0.5, 0.6) is 0 Å². The smallest absolute Gasteiger partial charge is 0.222 e. The minimum atomic E-state index is 0.191. The Bertz CT molecular complexity index is 414. The lowest BCUT2D eigenvalue weighted by molar-refractivity contribution is -0.130. The molecule has 0 aliphatic carbocycles. The number of carbonyl (C=O) groups is 1.